The Hall–Kier alpha value is -2.56. The van der Waals surface area contributed by atoms with E-state index in [1.165, 1.54) is 5.39 Å². The van der Waals surface area contributed by atoms with Crippen LogP contribution in [0.1, 0.15) is 0 Å². The molecule has 0 N–H and O–H groups in total. The van der Waals surface area contributed by atoms with Gasteiger partial charge < -0.3 is 8.98 Å². The van der Waals surface area contributed by atoms with E-state index in [1.807, 2.05) is 12.1 Å². The Labute approximate surface area is 177 Å². The third-order valence-electron chi connectivity index (χ3n) is 5.29. The molecule has 0 aliphatic rings. The Morgan fingerprint density at radius 1 is 0.643 bits per heavy atom. The van der Waals surface area contributed by atoms with Gasteiger partial charge in [-0.2, -0.15) is 0 Å². The van der Waals surface area contributed by atoms with E-state index >= 15 is 0 Å². The lowest BCUT2D eigenvalue weighted by Crippen LogP contribution is -1.93. The standard InChI is InChI=1S/C24H13Br2NO/c25-14-11-15(26)13-16(12-14)27-20-7-3-1-6-19(20)23-21(27)10-9-18-17-5-2-4-8-22(17)28-24(18)23/h1-13H. The Morgan fingerprint density at radius 3 is 2.18 bits per heavy atom. The lowest BCUT2D eigenvalue weighted by molar-refractivity contribution is 0.673. The molecule has 0 aliphatic carbocycles. The Morgan fingerprint density at radius 2 is 1.36 bits per heavy atom. The lowest BCUT2D eigenvalue weighted by Gasteiger charge is -2.09. The van der Waals surface area contributed by atoms with Gasteiger partial charge in [0.05, 0.1) is 16.4 Å². The minimum absolute atomic E-state index is 0.923. The van der Waals surface area contributed by atoms with Crippen molar-refractivity contribution in [1.82, 2.24) is 4.57 Å². The van der Waals surface area contributed by atoms with E-state index in [2.05, 4.69) is 103 Å². The zero-order chi connectivity index (χ0) is 18.8. The predicted octanol–water partition coefficient (Wildman–Crippen LogP) is 8.21. The van der Waals surface area contributed by atoms with Gasteiger partial charge in [0.1, 0.15) is 11.2 Å². The number of benzene rings is 4. The maximum atomic E-state index is 6.34. The van der Waals surface area contributed by atoms with Crippen LogP contribution in [-0.4, -0.2) is 4.57 Å². The van der Waals surface area contributed by atoms with Crippen LogP contribution in [0.2, 0.25) is 0 Å². The van der Waals surface area contributed by atoms with Crippen molar-refractivity contribution in [2.75, 3.05) is 0 Å². The Kier molecular flexibility index (Phi) is 3.49. The van der Waals surface area contributed by atoms with Gasteiger partial charge in [0.15, 0.2) is 0 Å². The minimum atomic E-state index is 0.923. The number of para-hydroxylation sites is 2. The molecule has 2 heterocycles. The molecule has 4 aromatic carbocycles. The summed E-state index contributed by atoms with van der Waals surface area (Å²) >= 11 is 7.26. The largest absolute Gasteiger partial charge is 0.455 e. The topological polar surface area (TPSA) is 18.1 Å². The van der Waals surface area contributed by atoms with Gasteiger partial charge in [-0.3, -0.25) is 0 Å². The van der Waals surface area contributed by atoms with Crippen molar-refractivity contribution in [3.63, 3.8) is 0 Å². The number of halogens is 2. The third-order valence-corrected chi connectivity index (χ3v) is 6.20. The first-order valence-electron chi connectivity index (χ1n) is 9.00. The summed E-state index contributed by atoms with van der Waals surface area (Å²) in [6.45, 7) is 0. The summed E-state index contributed by atoms with van der Waals surface area (Å²) in [6, 6.07) is 27.4. The van der Waals surface area contributed by atoms with E-state index in [9.17, 15) is 0 Å². The van der Waals surface area contributed by atoms with Crippen molar-refractivity contribution in [2.24, 2.45) is 0 Å². The summed E-state index contributed by atoms with van der Waals surface area (Å²) < 4.78 is 10.7. The van der Waals surface area contributed by atoms with Gasteiger partial charge in [0.25, 0.3) is 0 Å². The minimum Gasteiger partial charge on any atom is -0.455 e. The number of aromatic nitrogens is 1. The SMILES string of the molecule is Brc1cc(Br)cc(-n2c3ccccc3c3c4oc5ccccc5c4ccc32)c1. The van der Waals surface area contributed by atoms with Crippen LogP contribution in [-0.2, 0) is 0 Å². The van der Waals surface area contributed by atoms with Crippen molar-refractivity contribution in [3.05, 3.63) is 87.8 Å². The summed E-state index contributed by atoms with van der Waals surface area (Å²) in [7, 11) is 0. The van der Waals surface area contributed by atoms with Crippen molar-refractivity contribution >= 4 is 75.6 Å². The zero-order valence-electron chi connectivity index (χ0n) is 14.6. The van der Waals surface area contributed by atoms with E-state index in [0.717, 1.165) is 53.0 Å². The number of fused-ring (bicyclic) bond motifs is 7. The molecular formula is C24H13Br2NO. The molecule has 28 heavy (non-hydrogen) atoms. The summed E-state index contributed by atoms with van der Waals surface area (Å²) in [5.41, 5.74) is 5.27. The normalized spacial score (nSPS) is 11.9. The van der Waals surface area contributed by atoms with Crippen molar-refractivity contribution in [2.45, 2.75) is 0 Å². The highest BCUT2D eigenvalue weighted by Gasteiger charge is 2.18. The molecule has 0 aliphatic heterocycles. The van der Waals surface area contributed by atoms with Gasteiger partial charge in [-0.05, 0) is 42.5 Å². The first-order chi connectivity index (χ1) is 13.7. The van der Waals surface area contributed by atoms with Crippen LogP contribution in [0, 0.1) is 0 Å². The second-order valence-electron chi connectivity index (χ2n) is 6.91. The number of hydrogen-bond acceptors (Lipinski definition) is 1. The number of furan rings is 1. The van der Waals surface area contributed by atoms with E-state index < -0.39 is 0 Å². The fraction of sp³-hybridized carbons (Fsp3) is 0. The molecule has 0 atom stereocenters. The van der Waals surface area contributed by atoms with Crippen LogP contribution in [0.3, 0.4) is 0 Å². The van der Waals surface area contributed by atoms with E-state index in [-0.39, 0.29) is 0 Å². The molecule has 0 spiro atoms. The zero-order valence-corrected chi connectivity index (χ0v) is 17.8. The third kappa shape index (κ3) is 2.25. The molecule has 2 aromatic heterocycles. The van der Waals surface area contributed by atoms with Crippen LogP contribution in [0.4, 0.5) is 0 Å². The molecule has 0 fully saturated rings. The average molecular weight is 491 g/mol. The highest BCUT2D eigenvalue weighted by molar-refractivity contribution is 9.11. The van der Waals surface area contributed by atoms with Crippen LogP contribution < -0.4 is 0 Å². The molecule has 6 rings (SSSR count). The molecule has 6 aromatic rings. The molecule has 0 saturated carbocycles. The Bertz CT molecular complexity index is 1520. The van der Waals surface area contributed by atoms with Crippen molar-refractivity contribution in [3.8, 4) is 5.69 Å². The summed E-state index contributed by atoms with van der Waals surface area (Å²) in [4.78, 5) is 0. The highest BCUT2D eigenvalue weighted by atomic mass is 79.9. The van der Waals surface area contributed by atoms with Crippen LogP contribution in [0.15, 0.2) is 92.2 Å². The predicted molar refractivity (Wildman–Crippen MR) is 123 cm³/mol. The molecule has 0 saturated heterocycles. The maximum absolute atomic E-state index is 6.34. The molecule has 0 bridgehead atoms. The molecule has 4 heteroatoms. The van der Waals surface area contributed by atoms with Crippen molar-refractivity contribution in [1.29, 1.82) is 0 Å². The van der Waals surface area contributed by atoms with Gasteiger partial charge >= 0.3 is 0 Å². The maximum Gasteiger partial charge on any atom is 0.145 e. The van der Waals surface area contributed by atoms with Gasteiger partial charge in [0, 0.05) is 30.8 Å². The molecule has 134 valence electrons. The van der Waals surface area contributed by atoms with Gasteiger partial charge in [-0.1, -0.05) is 68.3 Å². The molecule has 0 radical (unpaired) electrons. The Balaban J connectivity index is 1.85. The summed E-state index contributed by atoms with van der Waals surface area (Å²) in [5.74, 6) is 0. The first kappa shape index (κ1) is 16.4. The van der Waals surface area contributed by atoms with Crippen LogP contribution >= 0.6 is 31.9 Å². The highest BCUT2D eigenvalue weighted by Crippen LogP contribution is 2.40. The lowest BCUT2D eigenvalue weighted by atomic mass is 10.1. The first-order valence-corrected chi connectivity index (χ1v) is 10.6. The van der Waals surface area contributed by atoms with Gasteiger partial charge in [-0.25, -0.2) is 0 Å². The summed E-state index contributed by atoms with van der Waals surface area (Å²) in [5, 5.41) is 4.65. The second kappa shape index (κ2) is 5.97. The van der Waals surface area contributed by atoms with E-state index in [1.54, 1.807) is 0 Å². The number of hydrogen-bond donors (Lipinski definition) is 0. The quantitative estimate of drug-likeness (QED) is 0.227. The van der Waals surface area contributed by atoms with Gasteiger partial charge in [-0.15, -0.1) is 0 Å². The van der Waals surface area contributed by atoms with Crippen LogP contribution in [0.5, 0.6) is 0 Å². The summed E-state index contributed by atoms with van der Waals surface area (Å²) in [6.07, 6.45) is 0. The van der Waals surface area contributed by atoms with Crippen LogP contribution in [0.25, 0.3) is 49.4 Å². The fourth-order valence-electron chi connectivity index (χ4n) is 4.18. The smallest absolute Gasteiger partial charge is 0.145 e. The molecule has 0 unspecified atom stereocenters. The van der Waals surface area contributed by atoms with E-state index in [4.69, 9.17) is 4.42 Å². The molecule has 0 amide bonds. The fourth-order valence-corrected chi connectivity index (χ4v) is 5.45. The van der Waals surface area contributed by atoms with Gasteiger partial charge in [0.2, 0.25) is 0 Å². The molecular weight excluding hydrogens is 478 g/mol. The second-order valence-corrected chi connectivity index (χ2v) is 8.75. The molecule has 2 nitrogen and oxygen atoms in total. The number of nitrogens with zero attached hydrogens (tertiary/aromatic N) is 1. The average Bonchev–Trinajstić information content (AvgIpc) is 3.22. The van der Waals surface area contributed by atoms with Crippen molar-refractivity contribution < 1.29 is 4.42 Å². The monoisotopic (exact) mass is 489 g/mol. The van der Waals surface area contributed by atoms with E-state index in [0.29, 0.717) is 0 Å². The number of rotatable bonds is 1.